The van der Waals surface area contributed by atoms with Gasteiger partial charge in [0.25, 0.3) is 0 Å². The van der Waals surface area contributed by atoms with Gasteiger partial charge in [-0.2, -0.15) is 4.91 Å². The Morgan fingerprint density at radius 1 is 1.27 bits per heavy atom. The molecular formula is C18H24N2O2. The van der Waals surface area contributed by atoms with E-state index in [1.807, 2.05) is 0 Å². The van der Waals surface area contributed by atoms with E-state index in [1.54, 1.807) is 0 Å². The number of carbonyl (C=O) groups is 1. The summed E-state index contributed by atoms with van der Waals surface area (Å²) in [7, 11) is 0. The van der Waals surface area contributed by atoms with E-state index in [-0.39, 0.29) is 17.0 Å². The highest BCUT2D eigenvalue weighted by Gasteiger charge is 2.59. The molecule has 4 rings (SSSR count). The summed E-state index contributed by atoms with van der Waals surface area (Å²) < 4.78 is 0. The molecule has 0 spiro atoms. The van der Waals surface area contributed by atoms with Gasteiger partial charge >= 0.3 is 0 Å². The fraction of sp³-hybridized carbons (Fsp3) is 0.722. The van der Waals surface area contributed by atoms with Crippen molar-refractivity contribution in [3.8, 4) is 0 Å². The van der Waals surface area contributed by atoms with Crippen molar-refractivity contribution in [3.63, 3.8) is 0 Å². The molecule has 4 atom stereocenters. The van der Waals surface area contributed by atoms with Crippen molar-refractivity contribution in [2.75, 3.05) is 0 Å². The first kappa shape index (κ1) is 14.3. The number of allylic oxidation sites excluding steroid dienone is 2. The molecule has 2 N–H and O–H groups in total. The molecule has 4 aliphatic rings. The van der Waals surface area contributed by atoms with E-state index in [2.05, 4.69) is 18.2 Å². The minimum absolute atomic E-state index is 0.0808. The quantitative estimate of drug-likeness (QED) is 0.754. The number of Topliss-reactive ketones (excluding diaryl/α,β-unsaturated/α-hetero) is 1. The minimum atomic E-state index is -0.314. The van der Waals surface area contributed by atoms with E-state index in [0.717, 1.165) is 38.5 Å². The van der Waals surface area contributed by atoms with E-state index in [9.17, 15) is 9.70 Å². The molecule has 0 amide bonds. The van der Waals surface area contributed by atoms with E-state index >= 15 is 0 Å². The van der Waals surface area contributed by atoms with Crippen LogP contribution in [0.2, 0.25) is 0 Å². The molecule has 0 aromatic carbocycles. The molecule has 0 heterocycles. The molecule has 0 aromatic heterocycles. The zero-order chi connectivity index (χ0) is 15.5. The van der Waals surface area contributed by atoms with Gasteiger partial charge < -0.3 is 5.73 Å². The van der Waals surface area contributed by atoms with Crippen LogP contribution in [0.1, 0.15) is 58.3 Å². The van der Waals surface area contributed by atoms with Gasteiger partial charge in [-0.05, 0) is 55.6 Å². The van der Waals surface area contributed by atoms with E-state index in [4.69, 9.17) is 5.73 Å². The molecule has 0 bridgehead atoms. The second-order valence-electron chi connectivity index (χ2n) is 7.92. The maximum atomic E-state index is 11.7. The minimum Gasteiger partial charge on any atom is -0.321 e. The lowest BCUT2D eigenvalue weighted by atomic mass is 9.54. The molecule has 1 saturated carbocycles. The SMILES string of the molecule is CC12CC=C3C4=C(CCC3(N)C1CCC2N=O)CC(=O)CC4. The Morgan fingerprint density at radius 3 is 2.86 bits per heavy atom. The van der Waals surface area contributed by atoms with Crippen LogP contribution in [0.4, 0.5) is 0 Å². The van der Waals surface area contributed by atoms with Gasteiger partial charge in [-0.1, -0.05) is 23.7 Å². The van der Waals surface area contributed by atoms with Crippen molar-refractivity contribution in [2.24, 2.45) is 22.2 Å². The van der Waals surface area contributed by atoms with Crippen LogP contribution in [0.15, 0.2) is 28.0 Å². The lowest BCUT2D eigenvalue weighted by Crippen LogP contribution is -2.58. The average molecular weight is 300 g/mol. The van der Waals surface area contributed by atoms with Crippen LogP contribution < -0.4 is 5.73 Å². The van der Waals surface area contributed by atoms with Crippen molar-refractivity contribution in [1.29, 1.82) is 0 Å². The number of hydrogen-bond acceptors (Lipinski definition) is 4. The van der Waals surface area contributed by atoms with Gasteiger partial charge in [0.05, 0.1) is 6.04 Å². The monoisotopic (exact) mass is 300 g/mol. The van der Waals surface area contributed by atoms with Crippen molar-refractivity contribution in [3.05, 3.63) is 27.7 Å². The number of nitroso groups, excluding NO2 is 1. The third kappa shape index (κ3) is 1.70. The molecule has 0 aromatic rings. The molecule has 4 nitrogen and oxygen atoms in total. The lowest BCUT2D eigenvalue weighted by molar-refractivity contribution is -0.118. The van der Waals surface area contributed by atoms with Crippen LogP contribution in [-0.2, 0) is 4.79 Å². The lowest BCUT2D eigenvalue weighted by Gasteiger charge is -2.53. The third-order valence-corrected chi connectivity index (χ3v) is 6.94. The second kappa shape index (κ2) is 4.60. The van der Waals surface area contributed by atoms with Gasteiger partial charge in [0.2, 0.25) is 0 Å². The number of fused-ring (bicyclic) bond motifs is 4. The molecule has 4 aliphatic carbocycles. The number of nitrogens with two attached hydrogens (primary N) is 1. The molecule has 0 saturated heterocycles. The predicted octanol–water partition coefficient (Wildman–Crippen LogP) is 3.41. The van der Waals surface area contributed by atoms with Crippen molar-refractivity contribution < 1.29 is 4.79 Å². The van der Waals surface area contributed by atoms with Crippen LogP contribution in [0.3, 0.4) is 0 Å². The Bertz CT molecular complexity index is 621. The number of nitrogens with zero attached hydrogens (tertiary/aromatic N) is 1. The van der Waals surface area contributed by atoms with Gasteiger partial charge in [-0.3, -0.25) is 4.79 Å². The summed E-state index contributed by atoms with van der Waals surface area (Å²) in [5, 5.41) is 3.41. The Labute approximate surface area is 131 Å². The third-order valence-electron chi connectivity index (χ3n) is 6.94. The van der Waals surface area contributed by atoms with Crippen LogP contribution in [-0.4, -0.2) is 17.4 Å². The highest BCUT2D eigenvalue weighted by Crippen LogP contribution is 2.60. The highest BCUT2D eigenvalue weighted by molar-refractivity contribution is 5.83. The molecule has 1 fully saturated rings. The number of hydrogen-bond donors (Lipinski definition) is 1. The summed E-state index contributed by atoms with van der Waals surface area (Å²) in [6.07, 6.45) is 9.06. The van der Waals surface area contributed by atoms with E-state index in [0.29, 0.717) is 24.5 Å². The van der Waals surface area contributed by atoms with Gasteiger partial charge in [0, 0.05) is 23.8 Å². The summed E-state index contributed by atoms with van der Waals surface area (Å²) in [5.74, 6) is 0.713. The maximum absolute atomic E-state index is 11.7. The van der Waals surface area contributed by atoms with Gasteiger partial charge in [0.15, 0.2) is 0 Å². The first-order valence-corrected chi connectivity index (χ1v) is 8.54. The fourth-order valence-electron chi connectivity index (χ4n) is 5.72. The average Bonchev–Trinajstić information content (AvgIpc) is 2.84. The number of ketones is 1. The summed E-state index contributed by atoms with van der Waals surface area (Å²) in [4.78, 5) is 23.0. The Balaban J connectivity index is 1.79. The van der Waals surface area contributed by atoms with E-state index in [1.165, 1.54) is 16.7 Å². The Hall–Kier alpha value is -1.29. The standard InChI is InChI=1S/C18H24N2O2/c1-17-8-7-14-13-3-2-12(21)10-11(13)6-9-18(14,19)15(17)4-5-16(17)20-22/h7,15-16H,2-6,8-10,19H2,1H3. The summed E-state index contributed by atoms with van der Waals surface area (Å²) >= 11 is 0. The van der Waals surface area contributed by atoms with Crippen LogP contribution in [0, 0.1) is 16.2 Å². The van der Waals surface area contributed by atoms with Crippen molar-refractivity contribution in [1.82, 2.24) is 0 Å². The summed E-state index contributed by atoms with van der Waals surface area (Å²) in [5.41, 5.74) is 10.6. The smallest absolute Gasteiger partial charge is 0.137 e. The number of carbonyl (C=O) groups excluding carboxylic acids is 1. The topological polar surface area (TPSA) is 72.5 Å². The Morgan fingerprint density at radius 2 is 2.09 bits per heavy atom. The second-order valence-corrected chi connectivity index (χ2v) is 7.92. The molecular weight excluding hydrogens is 276 g/mol. The normalized spacial score (nSPS) is 44.1. The molecule has 4 unspecified atom stereocenters. The summed E-state index contributed by atoms with van der Waals surface area (Å²) in [6, 6.07) is -0.0981. The van der Waals surface area contributed by atoms with Crippen LogP contribution in [0.5, 0.6) is 0 Å². The zero-order valence-corrected chi connectivity index (χ0v) is 13.2. The largest absolute Gasteiger partial charge is 0.321 e. The maximum Gasteiger partial charge on any atom is 0.137 e. The Kier molecular flexibility index (Phi) is 3.00. The van der Waals surface area contributed by atoms with Gasteiger partial charge in [-0.25, -0.2) is 0 Å². The zero-order valence-electron chi connectivity index (χ0n) is 13.2. The van der Waals surface area contributed by atoms with Crippen molar-refractivity contribution in [2.45, 2.75) is 69.9 Å². The fourth-order valence-corrected chi connectivity index (χ4v) is 5.72. The molecule has 22 heavy (non-hydrogen) atoms. The van der Waals surface area contributed by atoms with Gasteiger partial charge in [0.1, 0.15) is 5.78 Å². The molecule has 118 valence electrons. The first-order chi connectivity index (χ1) is 10.5. The number of rotatable bonds is 1. The predicted molar refractivity (Wildman–Crippen MR) is 85.2 cm³/mol. The summed E-state index contributed by atoms with van der Waals surface area (Å²) in [6.45, 7) is 2.20. The molecule has 0 aliphatic heterocycles. The molecule has 0 radical (unpaired) electrons. The first-order valence-electron chi connectivity index (χ1n) is 8.54. The van der Waals surface area contributed by atoms with Crippen molar-refractivity contribution >= 4 is 5.78 Å². The molecule has 4 heteroatoms. The highest BCUT2D eigenvalue weighted by atomic mass is 16.3. The van der Waals surface area contributed by atoms with Crippen LogP contribution in [0.25, 0.3) is 0 Å². The van der Waals surface area contributed by atoms with Gasteiger partial charge in [-0.15, -0.1) is 0 Å². The van der Waals surface area contributed by atoms with Crippen LogP contribution >= 0.6 is 0 Å². The van der Waals surface area contributed by atoms with E-state index < -0.39 is 0 Å².